The summed E-state index contributed by atoms with van der Waals surface area (Å²) in [4.78, 5) is 11.4. The van der Waals surface area contributed by atoms with Crippen LogP contribution in [0.15, 0.2) is 6.20 Å². The fourth-order valence-corrected chi connectivity index (χ4v) is 1.20. The van der Waals surface area contributed by atoms with Crippen molar-refractivity contribution in [3.63, 3.8) is 0 Å². The molecule has 90 valence electrons. The van der Waals surface area contributed by atoms with E-state index in [2.05, 4.69) is 5.10 Å². The summed E-state index contributed by atoms with van der Waals surface area (Å²) in [6, 6.07) is 0. The minimum Gasteiger partial charge on any atom is -0.493 e. The second-order valence-corrected chi connectivity index (χ2v) is 3.98. The minimum atomic E-state index is -0.769. The first kappa shape index (κ1) is 12.5. The van der Waals surface area contributed by atoms with Gasteiger partial charge in [-0.3, -0.25) is 0 Å². The zero-order chi connectivity index (χ0) is 12.3. The number of esters is 1. The first-order valence-electron chi connectivity index (χ1n) is 4.99. The van der Waals surface area contributed by atoms with Crippen molar-refractivity contribution in [1.29, 1.82) is 0 Å². The number of aliphatic hydroxyl groups excluding tert-OH is 1. The minimum absolute atomic E-state index is 0.00313. The van der Waals surface area contributed by atoms with Gasteiger partial charge in [-0.25, -0.2) is 9.48 Å². The lowest BCUT2D eigenvalue weighted by atomic mass is 10.1. The van der Waals surface area contributed by atoms with Crippen LogP contribution >= 0.6 is 0 Å². The van der Waals surface area contributed by atoms with E-state index in [0.29, 0.717) is 0 Å². The van der Waals surface area contributed by atoms with E-state index in [9.17, 15) is 9.90 Å². The summed E-state index contributed by atoms with van der Waals surface area (Å²) in [5, 5.41) is 22.8. The Morgan fingerprint density at radius 3 is 2.75 bits per heavy atom. The van der Waals surface area contributed by atoms with Crippen LogP contribution in [0.2, 0.25) is 0 Å². The second kappa shape index (κ2) is 4.52. The molecule has 0 amide bonds. The molecular weight excluding hydrogens is 212 g/mol. The standard InChI is InChI=1S/C10H16N2O4/c1-4-16-9(15)7-5-11-12(8(7)14)10(2,3)6-13/h5,13-14H,4,6H2,1-3H3. The maximum absolute atomic E-state index is 11.4. The summed E-state index contributed by atoms with van der Waals surface area (Å²) in [6.45, 7) is 5.08. The molecule has 0 aliphatic carbocycles. The molecule has 0 bridgehead atoms. The zero-order valence-electron chi connectivity index (χ0n) is 9.60. The molecule has 0 spiro atoms. The van der Waals surface area contributed by atoms with Crippen molar-refractivity contribution in [3.05, 3.63) is 11.8 Å². The highest BCUT2D eigenvalue weighted by Gasteiger charge is 2.27. The van der Waals surface area contributed by atoms with Gasteiger partial charge in [0.2, 0.25) is 5.88 Å². The van der Waals surface area contributed by atoms with Crippen molar-refractivity contribution in [2.24, 2.45) is 0 Å². The average molecular weight is 228 g/mol. The summed E-state index contributed by atoms with van der Waals surface area (Å²) in [5.74, 6) is -0.919. The monoisotopic (exact) mass is 228 g/mol. The van der Waals surface area contributed by atoms with Gasteiger partial charge in [0.05, 0.1) is 24.9 Å². The van der Waals surface area contributed by atoms with E-state index in [-0.39, 0.29) is 24.7 Å². The number of aliphatic hydroxyl groups is 1. The molecule has 0 saturated heterocycles. The summed E-state index contributed by atoms with van der Waals surface area (Å²) in [6.07, 6.45) is 1.23. The second-order valence-electron chi connectivity index (χ2n) is 3.98. The van der Waals surface area contributed by atoms with Gasteiger partial charge in [-0.2, -0.15) is 5.10 Å². The number of ether oxygens (including phenoxy) is 1. The van der Waals surface area contributed by atoms with Crippen LogP contribution < -0.4 is 0 Å². The number of hydrogen-bond acceptors (Lipinski definition) is 5. The van der Waals surface area contributed by atoms with Gasteiger partial charge in [0.25, 0.3) is 0 Å². The third kappa shape index (κ3) is 2.16. The third-order valence-electron chi connectivity index (χ3n) is 2.20. The van der Waals surface area contributed by atoms with E-state index in [1.807, 2.05) is 0 Å². The molecule has 16 heavy (non-hydrogen) atoms. The summed E-state index contributed by atoms with van der Waals surface area (Å²) < 4.78 is 5.95. The van der Waals surface area contributed by atoms with Gasteiger partial charge in [-0.15, -0.1) is 0 Å². The van der Waals surface area contributed by atoms with E-state index in [1.165, 1.54) is 10.9 Å². The van der Waals surface area contributed by atoms with Gasteiger partial charge < -0.3 is 14.9 Å². The molecule has 0 aliphatic rings. The molecule has 0 radical (unpaired) electrons. The molecule has 1 aromatic heterocycles. The Bertz CT molecular complexity index is 384. The Labute approximate surface area is 93.5 Å². The van der Waals surface area contributed by atoms with Crippen molar-refractivity contribution < 1.29 is 19.7 Å². The van der Waals surface area contributed by atoms with E-state index in [4.69, 9.17) is 9.84 Å². The number of nitrogens with zero attached hydrogens (tertiary/aromatic N) is 2. The van der Waals surface area contributed by atoms with Crippen LogP contribution in [0.4, 0.5) is 0 Å². The fraction of sp³-hybridized carbons (Fsp3) is 0.600. The van der Waals surface area contributed by atoms with Crippen LogP contribution in [-0.2, 0) is 10.3 Å². The number of aromatic hydroxyl groups is 1. The molecule has 1 aromatic rings. The van der Waals surface area contributed by atoms with Crippen LogP contribution in [0.25, 0.3) is 0 Å². The number of hydrogen-bond donors (Lipinski definition) is 2. The van der Waals surface area contributed by atoms with Gasteiger partial charge in [0, 0.05) is 0 Å². The van der Waals surface area contributed by atoms with Gasteiger partial charge >= 0.3 is 5.97 Å². The first-order chi connectivity index (χ1) is 7.44. The Hall–Kier alpha value is -1.56. The Kier molecular flexibility index (Phi) is 3.54. The maximum atomic E-state index is 11.4. The summed E-state index contributed by atoms with van der Waals surface area (Å²) in [5.41, 5.74) is -0.766. The quantitative estimate of drug-likeness (QED) is 0.733. The highest BCUT2D eigenvalue weighted by atomic mass is 16.5. The lowest BCUT2D eigenvalue weighted by molar-refractivity contribution is 0.0521. The SMILES string of the molecule is CCOC(=O)c1cnn(C(C)(C)CO)c1O. The highest BCUT2D eigenvalue weighted by Crippen LogP contribution is 2.24. The van der Waals surface area contributed by atoms with E-state index in [1.54, 1.807) is 20.8 Å². The van der Waals surface area contributed by atoms with E-state index < -0.39 is 11.5 Å². The van der Waals surface area contributed by atoms with Crippen LogP contribution in [-0.4, -0.2) is 39.2 Å². The molecule has 0 aromatic carbocycles. The molecule has 0 atom stereocenters. The number of carbonyl (C=O) groups excluding carboxylic acids is 1. The molecule has 1 heterocycles. The molecule has 1 rings (SSSR count). The molecule has 2 N–H and O–H groups in total. The van der Waals surface area contributed by atoms with Gasteiger partial charge in [0.1, 0.15) is 5.56 Å². The van der Waals surface area contributed by atoms with Crippen LogP contribution in [0.5, 0.6) is 5.88 Å². The van der Waals surface area contributed by atoms with Crippen molar-refractivity contribution in [2.45, 2.75) is 26.3 Å². The molecule has 6 heteroatoms. The maximum Gasteiger partial charge on any atom is 0.345 e. The van der Waals surface area contributed by atoms with Crippen molar-refractivity contribution in [1.82, 2.24) is 9.78 Å². The van der Waals surface area contributed by atoms with Gasteiger partial charge in [-0.1, -0.05) is 0 Å². The van der Waals surface area contributed by atoms with Crippen molar-refractivity contribution in [2.75, 3.05) is 13.2 Å². The topological polar surface area (TPSA) is 84.6 Å². The third-order valence-corrected chi connectivity index (χ3v) is 2.20. The molecule has 0 aliphatic heterocycles. The van der Waals surface area contributed by atoms with Crippen LogP contribution in [0.1, 0.15) is 31.1 Å². The van der Waals surface area contributed by atoms with E-state index >= 15 is 0 Å². The molecule has 0 fully saturated rings. The lowest BCUT2D eigenvalue weighted by Gasteiger charge is -2.22. The van der Waals surface area contributed by atoms with Gasteiger partial charge in [-0.05, 0) is 20.8 Å². The fourth-order valence-electron chi connectivity index (χ4n) is 1.20. The lowest BCUT2D eigenvalue weighted by Crippen LogP contribution is -2.31. The first-order valence-corrected chi connectivity index (χ1v) is 4.99. The normalized spacial score (nSPS) is 11.5. The Morgan fingerprint density at radius 2 is 2.25 bits per heavy atom. The van der Waals surface area contributed by atoms with Gasteiger partial charge in [0.15, 0.2) is 0 Å². The predicted molar refractivity (Wildman–Crippen MR) is 56.3 cm³/mol. The Balaban J connectivity index is 3.06. The van der Waals surface area contributed by atoms with Crippen LogP contribution in [0, 0.1) is 0 Å². The summed E-state index contributed by atoms with van der Waals surface area (Å²) in [7, 11) is 0. The average Bonchev–Trinajstić information content (AvgIpc) is 2.61. The molecule has 0 unspecified atom stereocenters. The van der Waals surface area contributed by atoms with Crippen LogP contribution in [0.3, 0.4) is 0 Å². The Morgan fingerprint density at radius 1 is 1.62 bits per heavy atom. The largest absolute Gasteiger partial charge is 0.493 e. The highest BCUT2D eigenvalue weighted by molar-refractivity contribution is 5.91. The number of carbonyl (C=O) groups is 1. The molecular formula is C10H16N2O4. The van der Waals surface area contributed by atoms with Crippen molar-refractivity contribution >= 4 is 5.97 Å². The predicted octanol–water partition coefficient (Wildman–Crippen LogP) is 0.493. The summed E-state index contributed by atoms with van der Waals surface area (Å²) >= 11 is 0. The van der Waals surface area contributed by atoms with Crippen molar-refractivity contribution in [3.8, 4) is 5.88 Å². The number of rotatable bonds is 4. The smallest absolute Gasteiger partial charge is 0.345 e. The van der Waals surface area contributed by atoms with E-state index in [0.717, 1.165) is 0 Å². The number of aromatic nitrogens is 2. The zero-order valence-corrected chi connectivity index (χ0v) is 9.60. The molecule has 6 nitrogen and oxygen atoms in total. The molecule has 0 saturated carbocycles.